The highest BCUT2D eigenvalue weighted by atomic mass is 32.2. The largest absolute Gasteiger partial charge is 0.497 e. The fourth-order valence-electron chi connectivity index (χ4n) is 5.60. The van der Waals surface area contributed by atoms with E-state index in [0.717, 1.165) is 34.2 Å². The van der Waals surface area contributed by atoms with Crippen molar-refractivity contribution >= 4 is 41.5 Å². The molecule has 50 heavy (non-hydrogen) atoms. The molecule has 256 valence electrons. The molecule has 2 heterocycles. The van der Waals surface area contributed by atoms with Crippen molar-refractivity contribution in [2.75, 3.05) is 37.7 Å². The van der Waals surface area contributed by atoms with Crippen LogP contribution in [0.4, 0.5) is 5.82 Å². The van der Waals surface area contributed by atoms with Crippen molar-refractivity contribution in [1.82, 2.24) is 19.5 Å². The maximum Gasteiger partial charge on any atom is 0.353 e. The maximum atomic E-state index is 12.5. The highest BCUT2D eigenvalue weighted by Gasteiger charge is 2.37. The Kier molecular flexibility index (Phi) is 11.4. The van der Waals surface area contributed by atoms with E-state index in [1.807, 2.05) is 66.7 Å². The monoisotopic (exact) mass is 709 g/mol. The molecule has 0 bridgehead atoms. The number of fused-ring (bicyclic) bond motifs is 1. The molecule has 6 rings (SSSR count). The summed E-state index contributed by atoms with van der Waals surface area (Å²) in [4.78, 5) is 36.3. The van der Waals surface area contributed by atoms with Gasteiger partial charge in [0.25, 0.3) is 0 Å². The van der Waals surface area contributed by atoms with E-state index in [9.17, 15) is 14.3 Å². The number of ether oxygens (including phenoxy) is 2. The van der Waals surface area contributed by atoms with E-state index in [1.165, 1.54) is 6.33 Å². The number of hydrogen-bond acceptors (Lipinski definition) is 10. The summed E-state index contributed by atoms with van der Waals surface area (Å²) in [5.74, 6) is 1.51. The Hall–Kier alpha value is -4.84. The second-order valence-electron chi connectivity index (χ2n) is 11.2. The molecule has 0 fully saturated rings. The Morgan fingerprint density at radius 3 is 2.10 bits per heavy atom. The standard InChI is InChI=1S/C37H36N5O6PS/c1-46-32-19-17-31(18-20-32)37(29-13-7-3-8-14-29,30-15-9-4-10-16-30)41-34-33-35(39-25-38-34)42(26-40-33)21-22-47-27-49(44,45)48-23-24-50-36(43)28-11-5-2-6-12-28/h2-20,25-26H,21-24,27H2,1H3,(H,44,45)(H,38,39,41). The summed E-state index contributed by atoms with van der Waals surface area (Å²) in [7, 11) is -2.38. The van der Waals surface area contributed by atoms with Crippen LogP contribution in [0.5, 0.6) is 5.75 Å². The smallest absolute Gasteiger partial charge is 0.353 e. The molecule has 4 aromatic carbocycles. The van der Waals surface area contributed by atoms with Crippen LogP contribution in [0.2, 0.25) is 0 Å². The molecule has 2 aromatic heterocycles. The Labute approximate surface area is 294 Å². The zero-order valence-electron chi connectivity index (χ0n) is 27.3. The minimum atomic E-state index is -4.02. The third-order valence-electron chi connectivity index (χ3n) is 7.99. The lowest BCUT2D eigenvalue weighted by Gasteiger charge is -2.37. The molecule has 1 unspecified atom stereocenters. The number of benzene rings is 4. The molecule has 0 spiro atoms. The van der Waals surface area contributed by atoms with Crippen LogP contribution in [0.25, 0.3) is 11.2 Å². The molecule has 1 atom stereocenters. The second kappa shape index (κ2) is 16.2. The fourth-order valence-corrected chi connectivity index (χ4v) is 7.19. The van der Waals surface area contributed by atoms with Gasteiger partial charge in [0.05, 0.1) is 26.7 Å². The zero-order chi connectivity index (χ0) is 34.8. The second-order valence-corrected chi connectivity index (χ2v) is 14.0. The SMILES string of the molecule is COc1ccc(C(Nc2ncnc3c2ncn3CCOCP(=O)(O)OCCSC(=O)c2ccccc2)(c2ccccc2)c2ccccc2)cc1. The van der Waals surface area contributed by atoms with Gasteiger partial charge in [0.1, 0.15) is 29.5 Å². The first-order valence-corrected chi connectivity index (χ1v) is 18.6. The quantitative estimate of drug-likeness (QED) is 0.0611. The number of anilines is 1. The van der Waals surface area contributed by atoms with Crippen LogP contribution in [0, 0.1) is 0 Å². The zero-order valence-corrected chi connectivity index (χ0v) is 29.0. The van der Waals surface area contributed by atoms with Gasteiger partial charge in [-0.15, -0.1) is 0 Å². The van der Waals surface area contributed by atoms with Crippen molar-refractivity contribution < 1.29 is 28.3 Å². The third kappa shape index (κ3) is 8.13. The van der Waals surface area contributed by atoms with E-state index in [1.54, 1.807) is 42.3 Å². The van der Waals surface area contributed by atoms with Gasteiger partial charge in [-0.2, -0.15) is 0 Å². The van der Waals surface area contributed by atoms with Crippen molar-refractivity contribution in [2.24, 2.45) is 0 Å². The molecule has 0 radical (unpaired) electrons. The Balaban J connectivity index is 1.16. The van der Waals surface area contributed by atoms with Gasteiger partial charge in [-0.3, -0.25) is 9.36 Å². The summed E-state index contributed by atoms with van der Waals surface area (Å²) in [5.41, 5.74) is 3.78. The molecule has 13 heteroatoms. The van der Waals surface area contributed by atoms with Gasteiger partial charge in [0.15, 0.2) is 11.5 Å². The van der Waals surface area contributed by atoms with Crippen LogP contribution in [0.15, 0.2) is 128 Å². The number of methoxy groups -OCH3 is 1. The molecule has 0 saturated heterocycles. The highest BCUT2D eigenvalue weighted by Crippen LogP contribution is 2.42. The topological polar surface area (TPSA) is 138 Å². The van der Waals surface area contributed by atoms with E-state index in [0.29, 0.717) is 29.1 Å². The third-order valence-corrected chi connectivity index (χ3v) is 9.96. The summed E-state index contributed by atoms with van der Waals surface area (Å²) < 4.78 is 30.5. The molecule has 11 nitrogen and oxygen atoms in total. The summed E-state index contributed by atoms with van der Waals surface area (Å²) in [5, 5.41) is 3.63. The number of carbonyl (C=O) groups excluding carboxylic acids is 1. The van der Waals surface area contributed by atoms with Crippen molar-refractivity contribution in [3.05, 3.63) is 150 Å². The minimum absolute atomic E-state index is 0.0663. The van der Waals surface area contributed by atoms with Gasteiger partial charge in [-0.25, -0.2) is 15.0 Å². The van der Waals surface area contributed by atoms with Crippen molar-refractivity contribution in [3.8, 4) is 5.75 Å². The first-order valence-electron chi connectivity index (χ1n) is 15.9. The van der Waals surface area contributed by atoms with Gasteiger partial charge in [0, 0.05) is 17.9 Å². The van der Waals surface area contributed by atoms with Crippen LogP contribution in [-0.2, 0) is 25.9 Å². The number of nitrogens with one attached hydrogen (secondary N) is 1. The van der Waals surface area contributed by atoms with E-state index in [2.05, 4.69) is 44.5 Å². The van der Waals surface area contributed by atoms with Crippen LogP contribution >= 0.6 is 19.4 Å². The summed E-state index contributed by atoms with van der Waals surface area (Å²) in [6.45, 7) is 0.357. The summed E-state index contributed by atoms with van der Waals surface area (Å²) in [6, 6.07) is 37.1. The van der Waals surface area contributed by atoms with Gasteiger partial charge < -0.3 is 28.8 Å². The van der Waals surface area contributed by atoms with Crippen LogP contribution in [-0.4, -0.2) is 62.0 Å². The van der Waals surface area contributed by atoms with Crippen LogP contribution in [0.1, 0.15) is 27.0 Å². The predicted molar refractivity (Wildman–Crippen MR) is 195 cm³/mol. The predicted octanol–water partition coefficient (Wildman–Crippen LogP) is 6.99. The molecule has 0 amide bonds. The Bertz CT molecular complexity index is 2010. The molecule has 0 aliphatic carbocycles. The maximum absolute atomic E-state index is 12.5. The summed E-state index contributed by atoms with van der Waals surface area (Å²) >= 11 is 1.03. The first kappa shape index (κ1) is 35.0. The lowest BCUT2D eigenvalue weighted by atomic mass is 9.77. The lowest BCUT2D eigenvalue weighted by molar-refractivity contribution is 0.108. The number of carbonyl (C=O) groups is 1. The normalized spacial score (nSPS) is 12.8. The van der Waals surface area contributed by atoms with Gasteiger partial charge >= 0.3 is 7.60 Å². The number of rotatable bonds is 16. The number of nitrogens with zero attached hydrogens (tertiary/aromatic N) is 4. The number of hydrogen-bond donors (Lipinski definition) is 2. The van der Waals surface area contributed by atoms with E-state index < -0.39 is 19.5 Å². The van der Waals surface area contributed by atoms with Gasteiger partial charge in [-0.05, 0) is 28.8 Å². The number of thioether (sulfide) groups is 1. The van der Waals surface area contributed by atoms with Crippen LogP contribution < -0.4 is 10.1 Å². The average molecular weight is 710 g/mol. The minimum Gasteiger partial charge on any atom is -0.497 e. The van der Waals surface area contributed by atoms with Crippen molar-refractivity contribution in [3.63, 3.8) is 0 Å². The lowest BCUT2D eigenvalue weighted by Crippen LogP contribution is -2.38. The molecule has 0 saturated carbocycles. The molecule has 0 aliphatic rings. The van der Waals surface area contributed by atoms with Crippen LogP contribution in [0.3, 0.4) is 0 Å². The molecular weight excluding hydrogens is 673 g/mol. The summed E-state index contributed by atoms with van der Waals surface area (Å²) in [6.07, 6.45) is 2.63. The first-order chi connectivity index (χ1) is 24.4. The average Bonchev–Trinajstić information content (AvgIpc) is 3.59. The van der Waals surface area contributed by atoms with Crippen molar-refractivity contribution in [1.29, 1.82) is 0 Å². The highest BCUT2D eigenvalue weighted by molar-refractivity contribution is 8.14. The fraction of sp³-hybridized carbons (Fsp3) is 0.189. The number of imidazole rings is 1. The van der Waals surface area contributed by atoms with Crippen molar-refractivity contribution in [2.45, 2.75) is 12.1 Å². The molecule has 2 N–H and O–H groups in total. The molecule has 0 aliphatic heterocycles. The Morgan fingerprint density at radius 2 is 1.46 bits per heavy atom. The van der Waals surface area contributed by atoms with Gasteiger partial charge in [-0.1, -0.05) is 115 Å². The van der Waals surface area contributed by atoms with E-state index >= 15 is 0 Å². The molecular formula is C37H36N5O6PS. The molecule has 6 aromatic rings. The Morgan fingerprint density at radius 1 is 0.840 bits per heavy atom. The van der Waals surface area contributed by atoms with E-state index in [-0.39, 0.29) is 24.1 Å². The van der Waals surface area contributed by atoms with Gasteiger partial charge in [0.2, 0.25) is 5.12 Å². The number of aromatic nitrogens is 4. The van der Waals surface area contributed by atoms with E-state index in [4.69, 9.17) is 14.0 Å².